The average Bonchev–Trinajstić information content (AvgIpc) is 3.19. The van der Waals surface area contributed by atoms with Gasteiger partial charge in [-0.2, -0.15) is 0 Å². The van der Waals surface area contributed by atoms with Gasteiger partial charge in [0.25, 0.3) is 5.91 Å². The number of aromatic nitrogens is 1. The molecule has 0 radical (unpaired) electrons. The number of rotatable bonds is 6. The van der Waals surface area contributed by atoms with Crippen molar-refractivity contribution in [3.63, 3.8) is 0 Å². The van der Waals surface area contributed by atoms with Gasteiger partial charge in [0.15, 0.2) is 12.4 Å². The van der Waals surface area contributed by atoms with Crippen LogP contribution in [-0.4, -0.2) is 41.0 Å². The van der Waals surface area contributed by atoms with Crippen LogP contribution in [0.3, 0.4) is 0 Å². The van der Waals surface area contributed by atoms with E-state index in [1.54, 1.807) is 17.9 Å². The molecule has 26 heavy (non-hydrogen) atoms. The largest absolute Gasteiger partial charge is 0.455 e. The highest BCUT2D eigenvalue weighted by molar-refractivity contribution is 5.93. The summed E-state index contributed by atoms with van der Waals surface area (Å²) in [4.78, 5) is 37.6. The van der Waals surface area contributed by atoms with Gasteiger partial charge >= 0.3 is 5.97 Å². The molecule has 2 amide bonds. The zero-order valence-electron chi connectivity index (χ0n) is 14.3. The second-order valence-corrected chi connectivity index (χ2v) is 6.14. The van der Waals surface area contributed by atoms with Gasteiger partial charge in [-0.15, -0.1) is 0 Å². The van der Waals surface area contributed by atoms with Gasteiger partial charge in [-0.1, -0.05) is 35.5 Å². The van der Waals surface area contributed by atoms with E-state index in [9.17, 15) is 14.4 Å². The SMILES string of the molecule is Cc1cc(NC(=O)COC(=O)[C@@H]2CC(=O)N(Cc3ccccc3)C2)no1. The first-order valence-electron chi connectivity index (χ1n) is 8.23. The van der Waals surface area contributed by atoms with Crippen molar-refractivity contribution in [2.75, 3.05) is 18.5 Å². The minimum absolute atomic E-state index is 0.0930. The molecule has 1 aromatic heterocycles. The first-order chi connectivity index (χ1) is 12.5. The van der Waals surface area contributed by atoms with E-state index < -0.39 is 24.4 Å². The monoisotopic (exact) mass is 357 g/mol. The molecule has 136 valence electrons. The van der Waals surface area contributed by atoms with Crippen molar-refractivity contribution in [1.82, 2.24) is 10.1 Å². The maximum atomic E-state index is 12.1. The molecule has 8 heteroatoms. The second-order valence-electron chi connectivity index (χ2n) is 6.14. The molecule has 1 aliphatic rings. The number of carbonyl (C=O) groups is 3. The van der Waals surface area contributed by atoms with Crippen molar-refractivity contribution in [3.05, 3.63) is 47.7 Å². The molecule has 0 bridgehead atoms. The van der Waals surface area contributed by atoms with E-state index in [-0.39, 0.29) is 24.7 Å². The minimum Gasteiger partial charge on any atom is -0.455 e. The lowest BCUT2D eigenvalue weighted by atomic mass is 10.1. The Hall–Kier alpha value is -3.16. The molecule has 1 atom stereocenters. The molecule has 0 aliphatic carbocycles. The number of ether oxygens (including phenoxy) is 1. The van der Waals surface area contributed by atoms with Gasteiger partial charge in [0.2, 0.25) is 5.91 Å². The third kappa shape index (κ3) is 4.47. The lowest BCUT2D eigenvalue weighted by Crippen LogP contribution is -2.28. The van der Waals surface area contributed by atoms with Crippen LogP contribution in [0.5, 0.6) is 0 Å². The molecule has 0 unspecified atom stereocenters. The van der Waals surface area contributed by atoms with E-state index >= 15 is 0 Å². The van der Waals surface area contributed by atoms with Crippen LogP contribution in [0, 0.1) is 12.8 Å². The standard InChI is InChI=1S/C18H19N3O5/c1-12-7-15(20-26-12)19-16(22)11-25-18(24)14-8-17(23)21(10-14)9-13-5-3-2-4-6-13/h2-7,14H,8-11H2,1H3,(H,19,20,22)/t14-/m1/s1. The van der Waals surface area contributed by atoms with Crippen LogP contribution in [0.4, 0.5) is 5.82 Å². The fraction of sp³-hybridized carbons (Fsp3) is 0.333. The van der Waals surface area contributed by atoms with Gasteiger partial charge in [0, 0.05) is 25.6 Å². The van der Waals surface area contributed by atoms with E-state index in [4.69, 9.17) is 9.26 Å². The molecule has 2 heterocycles. The predicted molar refractivity (Wildman–Crippen MR) is 90.8 cm³/mol. The lowest BCUT2D eigenvalue weighted by molar-refractivity contribution is -0.151. The van der Waals surface area contributed by atoms with Crippen LogP contribution in [0.25, 0.3) is 0 Å². The third-order valence-corrected chi connectivity index (χ3v) is 4.01. The molecule has 3 rings (SSSR count). The zero-order chi connectivity index (χ0) is 18.5. The maximum Gasteiger partial charge on any atom is 0.311 e. The zero-order valence-corrected chi connectivity index (χ0v) is 14.3. The van der Waals surface area contributed by atoms with E-state index in [0.29, 0.717) is 12.3 Å². The molecule has 2 aromatic rings. The Bertz CT molecular complexity index is 802. The molecule has 1 aromatic carbocycles. The fourth-order valence-electron chi connectivity index (χ4n) is 2.75. The number of anilines is 1. The maximum absolute atomic E-state index is 12.1. The van der Waals surface area contributed by atoms with Crippen molar-refractivity contribution >= 4 is 23.6 Å². The first-order valence-corrected chi connectivity index (χ1v) is 8.23. The van der Waals surface area contributed by atoms with Crippen LogP contribution in [0.2, 0.25) is 0 Å². The summed E-state index contributed by atoms with van der Waals surface area (Å²) in [6.45, 7) is 2.00. The quantitative estimate of drug-likeness (QED) is 0.787. The van der Waals surface area contributed by atoms with Crippen LogP contribution >= 0.6 is 0 Å². The Kier molecular flexibility index (Phi) is 5.31. The average molecular weight is 357 g/mol. The first kappa shape index (κ1) is 17.7. The normalized spacial score (nSPS) is 16.6. The molecule has 0 spiro atoms. The van der Waals surface area contributed by atoms with Crippen LogP contribution < -0.4 is 5.32 Å². The summed E-state index contributed by atoms with van der Waals surface area (Å²) < 4.78 is 9.85. The Labute approximate surface area is 150 Å². The van der Waals surface area contributed by atoms with Gasteiger partial charge in [-0.25, -0.2) is 0 Å². The van der Waals surface area contributed by atoms with Gasteiger partial charge < -0.3 is 19.5 Å². The van der Waals surface area contributed by atoms with E-state index in [1.807, 2.05) is 30.3 Å². The molecule has 1 N–H and O–H groups in total. The number of esters is 1. The van der Waals surface area contributed by atoms with Crippen molar-refractivity contribution in [3.8, 4) is 0 Å². The highest BCUT2D eigenvalue weighted by Crippen LogP contribution is 2.21. The summed E-state index contributed by atoms with van der Waals surface area (Å²) in [6, 6.07) is 11.1. The highest BCUT2D eigenvalue weighted by Gasteiger charge is 2.35. The lowest BCUT2D eigenvalue weighted by Gasteiger charge is -2.16. The number of hydrogen-bond acceptors (Lipinski definition) is 6. The van der Waals surface area contributed by atoms with E-state index in [2.05, 4.69) is 10.5 Å². The van der Waals surface area contributed by atoms with Crippen molar-refractivity contribution in [1.29, 1.82) is 0 Å². The van der Waals surface area contributed by atoms with E-state index in [1.165, 1.54) is 0 Å². The van der Waals surface area contributed by atoms with Gasteiger partial charge in [-0.05, 0) is 12.5 Å². The van der Waals surface area contributed by atoms with Gasteiger partial charge in [-0.3, -0.25) is 14.4 Å². The Morgan fingerprint density at radius 1 is 1.35 bits per heavy atom. The highest BCUT2D eigenvalue weighted by atomic mass is 16.5. The summed E-state index contributed by atoms with van der Waals surface area (Å²) in [5.41, 5.74) is 0.997. The smallest absolute Gasteiger partial charge is 0.311 e. The fourth-order valence-corrected chi connectivity index (χ4v) is 2.75. The molecule has 1 aliphatic heterocycles. The third-order valence-electron chi connectivity index (χ3n) is 4.01. The number of nitrogens with zero attached hydrogens (tertiary/aromatic N) is 2. The number of nitrogens with one attached hydrogen (secondary N) is 1. The Morgan fingerprint density at radius 2 is 2.12 bits per heavy atom. The minimum atomic E-state index is -0.562. The molecule has 0 saturated carbocycles. The number of amides is 2. The molecule has 1 fully saturated rings. The van der Waals surface area contributed by atoms with Gasteiger partial charge in [0.1, 0.15) is 5.76 Å². The summed E-state index contributed by atoms with van der Waals surface area (Å²) in [6.07, 6.45) is 0.0930. The summed E-state index contributed by atoms with van der Waals surface area (Å²) in [5.74, 6) is -0.918. The van der Waals surface area contributed by atoms with Crippen molar-refractivity contribution in [2.24, 2.45) is 5.92 Å². The topological polar surface area (TPSA) is 102 Å². The summed E-state index contributed by atoms with van der Waals surface area (Å²) in [5, 5.41) is 6.08. The number of aryl methyl sites for hydroxylation is 1. The number of carbonyl (C=O) groups excluding carboxylic acids is 3. The predicted octanol–water partition coefficient (Wildman–Crippen LogP) is 1.51. The van der Waals surface area contributed by atoms with Crippen molar-refractivity contribution < 1.29 is 23.6 Å². The molecule has 1 saturated heterocycles. The van der Waals surface area contributed by atoms with E-state index in [0.717, 1.165) is 5.56 Å². The number of hydrogen-bond donors (Lipinski definition) is 1. The number of benzene rings is 1. The Balaban J connectivity index is 1.46. The van der Waals surface area contributed by atoms with Crippen LogP contribution in [0.1, 0.15) is 17.7 Å². The second kappa shape index (κ2) is 7.81. The van der Waals surface area contributed by atoms with Crippen LogP contribution in [0.15, 0.2) is 40.9 Å². The molecule has 8 nitrogen and oxygen atoms in total. The molecular weight excluding hydrogens is 338 g/mol. The number of likely N-dealkylation sites (tertiary alicyclic amines) is 1. The molecular formula is C18H19N3O5. The van der Waals surface area contributed by atoms with Crippen LogP contribution in [-0.2, 0) is 25.7 Å². The van der Waals surface area contributed by atoms with Gasteiger partial charge in [0.05, 0.1) is 5.92 Å². The summed E-state index contributed by atoms with van der Waals surface area (Å²) in [7, 11) is 0. The summed E-state index contributed by atoms with van der Waals surface area (Å²) >= 11 is 0. The Morgan fingerprint density at radius 3 is 2.81 bits per heavy atom. The van der Waals surface area contributed by atoms with Crippen molar-refractivity contribution in [2.45, 2.75) is 19.9 Å².